The molecule has 0 spiro atoms. The summed E-state index contributed by atoms with van der Waals surface area (Å²) in [4.78, 5) is 4.20. The molecule has 0 saturated heterocycles. The van der Waals surface area contributed by atoms with Crippen molar-refractivity contribution in [3.05, 3.63) is 42.2 Å². The van der Waals surface area contributed by atoms with Crippen LogP contribution < -0.4 is 5.73 Å². The van der Waals surface area contributed by atoms with Gasteiger partial charge in [0.2, 0.25) is 0 Å². The Kier molecular flexibility index (Phi) is 3.12. The van der Waals surface area contributed by atoms with E-state index < -0.39 is 0 Å². The normalized spacial score (nSPS) is 11.1. The molecule has 1 aromatic carbocycles. The number of rotatable bonds is 3. The Bertz CT molecular complexity index is 563. The minimum Gasteiger partial charge on any atom is -0.382 e. The molecular weight excluding hydrogens is 216 g/mol. The number of aliphatic imine (C=N–C) groups is 1. The molecule has 6 nitrogen and oxygen atoms in total. The molecule has 0 bridgehead atoms. The van der Waals surface area contributed by atoms with Crippen LogP contribution in [0.4, 0.5) is 5.69 Å². The van der Waals surface area contributed by atoms with Crippen LogP contribution in [-0.4, -0.2) is 20.8 Å². The second-order valence-electron chi connectivity index (χ2n) is 3.29. The van der Waals surface area contributed by atoms with Gasteiger partial charge in [-0.05, 0) is 12.1 Å². The maximum absolute atomic E-state index is 8.50. The topological polar surface area (TPSA) is 92.9 Å². The average molecular weight is 226 g/mol. The number of hydrogen-bond donors (Lipinski definition) is 1. The maximum atomic E-state index is 8.50. The van der Waals surface area contributed by atoms with Crippen molar-refractivity contribution >= 4 is 11.5 Å². The van der Waals surface area contributed by atoms with E-state index >= 15 is 0 Å². The summed E-state index contributed by atoms with van der Waals surface area (Å²) in [7, 11) is 0. The van der Waals surface area contributed by atoms with E-state index in [-0.39, 0.29) is 12.4 Å². The minimum absolute atomic E-state index is 0.144. The lowest BCUT2D eigenvalue weighted by molar-refractivity contribution is 0.668. The molecule has 6 heteroatoms. The highest BCUT2D eigenvalue weighted by molar-refractivity contribution is 5.96. The summed E-state index contributed by atoms with van der Waals surface area (Å²) < 4.78 is 1.41. The van der Waals surface area contributed by atoms with Crippen molar-refractivity contribution < 1.29 is 0 Å². The van der Waals surface area contributed by atoms with Gasteiger partial charge in [-0.25, -0.2) is 9.67 Å². The highest BCUT2D eigenvalue weighted by Gasteiger charge is 2.04. The molecule has 1 heterocycles. The van der Waals surface area contributed by atoms with Crippen molar-refractivity contribution in [2.24, 2.45) is 10.7 Å². The van der Waals surface area contributed by atoms with Gasteiger partial charge in [0, 0.05) is 0 Å². The quantitative estimate of drug-likeness (QED) is 0.619. The summed E-state index contributed by atoms with van der Waals surface area (Å²) in [6, 6.07) is 11.3. The first kappa shape index (κ1) is 10.8. The molecular formula is C11H10N6. The zero-order valence-electron chi connectivity index (χ0n) is 8.98. The standard InChI is InChI=1S/C11H10N6/c12-6-7-17-8-10(15-16-17)11(13)14-9-4-2-1-3-5-9/h1-5,8H,7H2,(H2,13,14). The molecule has 0 fully saturated rings. The van der Waals surface area contributed by atoms with E-state index in [2.05, 4.69) is 15.3 Å². The third-order valence-electron chi connectivity index (χ3n) is 2.04. The van der Waals surface area contributed by atoms with Crippen molar-refractivity contribution in [2.45, 2.75) is 6.54 Å². The molecule has 17 heavy (non-hydrogen) atoms. The summed E-state index contributed by atoms with van der Waals surface area (Å²) in [6.07, 6.45) is 1.59. The summed E-state index contributed by atoms with van der Waals surface area (Å²) in [6.45, 7) is 0.144. The van der Waals surface area contributed by atoms with Gasteiger partial charge in [-0.2, -0.15) is 5.26 Å². The molecule has 0 atom stereocenters. The van der Waals surface area contributed by atoms with Gasteiger partial charge < -0.3 is 5.73 Å². The maximum Gasteiger partial charge on any atom is 0.153 e. The first-order valence-electron chi connectivity index (χ1n) is 4.96. The number of nitrogens with two attached hydrogens (primary N) is 1. The number of para-hydroxylation sites is 1. The van der Waals surface area contributed by atoms with Gasteiger partial charge >= 0.3 is 0 Å². The summed E-state index contributed by atoms with van der Waals surface area (Å²) in [5, 5.41) is 16.1. The Morgan fingerprint density at radius 1 is 1.41 bits per heavy atom. The van der Waals surface area contributed by atoms with E-state index in [4.69, 9.17) is 11.0 Å². The number of amidine groups is 1. The van der Waals surface area contributed by atoms with E-state index in [1.807, 2.05) is 36.4 Å². The lowest BCUT2D eigenvalue weighted by atomic mass is 10.3. The monoisotopic (exact) mass is 226 g/mol. The van der Waals surface area contributed by atoms with Gasteiger partial charge in [0.25, 0.3) is 0 Å². The van der Waals surface area contributed by atoms with Crippen LogP contribution in [0.2, 0.25) is 0 Å². The number of nitrogens with zero attached hydrogens (tertiary/aromatic N) is 5. The van der Waals surface area contributed by atoms with Gasteiger partial charge in [0.1, 0.15) is 12.2 Å². The van der Waals surface area contributed by atoms with Crippen LogP contribution in [0, 0.1) is 11.3 Å². The Hall–Kier alpha value is -2.68. The molecule has 0 unspecified atom stereocenters. The zero-order chi connectivity index (χ0) is 12.1. The largest absolute Gasteiger partial charge is 0.382 e. The summed E-state index contributed by atoms with van der Waals surface area (Å²) in [5.41, 5.74) is 7.00. The molecule has 0 aliphatic carbocycles. The third kappa shape index (κ3) is 2.66. The van der Waals surface area contributed by atoms with E-state index in [1.54, 1.807) is 6.20 Å². The van der Waals surface area contributed by atoms with Crippen LogP contribution in [-0.2, 0) is 6.54 Å². The average Bonchev–Trinajstić information content (AvgIpc) is 2.79. The van der Waals surface area contributed by atoms with Crippen LogP contribution in [0.15, 0.2) is 41.5 Å². The Labute approximate surface area is 98.0 Å². The zero-order valence-corrected chi connectivity index (χ0v) is 8.98. The van der Waals surface area contributed by atoms with Gasteiger partial charge in [0.15, 0.2) is 5.84 Å². The van der Waals surface area contributed by atoms with Crippen LogP contribution in [0.1, 0.15) is 5.69 Å². The molecule has 84 valence electrons. The number of nitriles is 1. The highest BCUT2D eigenvalue weighted by atomic mass is 15.4. The van der Waals surface area contributed by atoms with Crippen LogP contribution in [0.25, 0.3) is 0 Å². The minimum atomic E-state index is 0.144. The molecule has 0 aliphatic heterocycles. The lowest BCUT2D eigenvalue weighted by Gasteiger charge is -1.95. The first-order chi connectivity index (χ1) is 8.29. The van der Waals surface area contributed by atoms with Crippen LogP contribution in [0.5, 0.6) is 0 Å². The number of benzene rings is 1. The highest BCUT2D eigenvalue weighted by Crippen LogP contribution is 2.10. The van der Waals surface area contributed by atoms with Crippen molar-refractivity contribution in [1.29, 1.82) is 5.26 Å². The lowest BCUT2D eigenvalue weighted by Crippen LogP contribution is -2.13. The molecule has 2 aromatic rings. The van der Waals surface area contributed by atoms with Crippen molar-refractivity contribution in [3.63, 3.8) is 0 Å². The molecule has 1 aromatic heterocycles. The van der Waals surface area contributed by atoms with Gasteiger partial charge in [0.05, 0.1) is 18.0 Å². The molecule has 2 rings (SSSR count). The second-order valence-corrected chi connectivity index (χ2v) is 3.29. The first-order valence-corrected chi connectivity index (χ1v) is 4.96. The van der Waals surface area contributed by atoms with E-state index in [0.29, 0.717) is 5.69 Å². The number of hydrogen-bond acceptors (Lipinski definition) is 4. The van der Waals surface area contributed by atoms with Gasteiger partial charge in [-0.15, -0.1) is 5.10 Å². The van der Waals surface area contributed by atoms with E-state index in [9.17, 15) is 0 Å². The predicted octanol–water partition coefficient (Wildman–Crippen LogP) is 0.839. The SMILES string of the molecule is N#CCn1cc(C(N)=Nc2ccccc2)nn1. The Morgan fingerprint density at radius 2 is 2.18 bits per heavy atom. The fourth-order valence-electron chi connectivity index (χ4n) is 1.26. The number of aromatic nitrogens is 3. The smallest absolute Gasteiger partial charge is 0.153 e. The van der Waals surface area contributed by atoms with Crippen molar-refractivity contribution in [2.75, 3.05) is 0 Å². The third-order valence-corrected chi connectivity index (χ3v) is 2.04. The molecule has 0 radical (unpaired) electrons. The molecule has 0 aliphatic rings. The van der Waals surface area contributed by atoms with Gasteiger partial charge in [-0.3, -0.25) is 0 Å². The van der Waals surface area contributed by atoms with E-state index in [0.717, 1.165) is 5.69 Å². The van der Waals surface area contributed by atoms with E-state index in [1.165, 1.54) is 4.68 Å². The van der Waals surface area contributed by atoms with Crippen molar-refractivity contribution in [3.8, 4) is 6.07 Å². The van der Waals surface area contributed by atoms with Crippen molar-refractivity contribution in [1.82, 2.24) is 15.0 Å². The summed E-state index contributed by atoms with van der Waals surface area (Å²) in [5.74, 6) is 0.278. The van der Waals surface area contributed by atoms with Gasteiger partial charge in [-0.1, -0.05) is 23.4 Å². The Morgan fingerprint density at radius 3 is 2.88 bits per heavy atom. The fraction of sp³-hybridized carbons (Fsp3) is 0.0909. The Balaban J connectivity index is 2.22. The summed E-state index contributed by atoms with van der Waals surface area (Å²) >= 11 is 0. The molecule has 2 N–H and O–H groups in total. The second kappa shape index (κ2) is 4.90. The van der Waals surface area contributed by atoms with Crippen LogP contribution >= 0.6 is 0 Å². The molecule has 0 saturated carbocycles. The fourth-order valence-corrected chi connectivity index (χ4v) is 1.26. The predicted molar refractivity (Wildman–Crippen MR) is 62.5 cm³/mol. The molecule has 0 amide bonds. The van der Waals surface area contributed by atoms with Crippen LogP contribution in [0.3, 0.4) is 0 Å².